The molecule has 2 rings (SSSR count). The topological polar surface area (TPSA) is 90.3 Å². The normalized spacial score (nSPS) is 11.6. The Hall–Kier alpha value is -2.31. The van der Waals surface area contributed by atoms with Crippen LogP contribution >= 0.6 is 0 Å². The Bertz CT molecular complexity index is 631. The summed E-state index contributed by atoms with van der Waals surface area (Å²) in [6.07, 6.45) is 1.53. The fraction of sp³-hybridized carbons (Fsp3) is 0.462. The fourth-order valence-corrected chi connectivity index (χ4v) is 1.50. The molecule has 0 aliphatic rings. The largest absolute Gasteiger partial charge is 0.467 e. The molecule has 0 spiro atoms. The van der Waals surface area contributed by atoms with E-state index in [4.69, 9.17) is 8.83 Å². The quantitative estimate of drug-likeness (QED) is 0.903. The zero-order chi connectivity index (χ0) is 14.8. The summed E-state index contributed by atoms with van der Waals surface area (Å²) in [5.74, 6) is -0.0251. The Kier molecular flexibility index (Phi) is 3.78. The lowest BCUT2D eigenvalue weighted by molar-refractivity contribution is -0.122. The van der Waals surface area contributed by atoms with Gasteiger partial charge < -0.3 is 14.2 Å². The molecule has 20 heavy (non-hydrogen) atoms. The summed E-state index contributed by atoms with van der Waals surface area (Å²) in [4.78, 5) is 23.3. The minimum absolute atomic E-state index is 0.181. The number of nitrogens with zero attached hydrogens (tertiary/aromatic N) is 2. The van der Waals surface area contributed by atoms with E-state index in [2.05, 4.69) is 10.4 Å². The Balaban J connectivity index is 1.98. The Morgan fingerprint density at radius 1 is 1.45 bits per heavy atom. The highest BCUT2D eigenvalue weighted by molar-refractivity contribution is 5.75. The highest BCUT2D eigenvalue weighted by Crippen LogP contribution is 2.17. The number of carbonyl (C=O) groups is 1. The zero-order valence-electron chi connectivity index (χ0n) is 11.7. The third kappa shape index (κ3) is 3.37. The lowest BCUT2D eigenvalue weighted by Crippen LogP contribution is -2.31. The van der Waals surface area contributed by atoms with Gasteiger partial charge in [0.2, 0.25) is 11.8 Å². The van der Waals surface area contributed by atoms with Crippen LogP contribution in [0.25, 0.3) is 0 Å². The second-order valence-corrected chi connectivity index (χ2v) is 5.44. The fourth-order valence-electron chi connectivity index (χ4n) is 1.50. The first-order valence-corrected chi connectivity index (χ1v) is 6.24. The van der Waals surface area contributed by atoms with Gasteiger partial charge >= 0.3 is 5.76 Å². The van der Waals surface area contributed by atoms with Crippen molar-refractivity contribution in [2.75, 3.05) is 0 Å². The summed E-state index contributed by atoms with van der Waals surface area (Å²) in [7, 11) is 0. The summed E-state index contributed by atoms with van der Waals surface area (Å²) < 4.78 is 11.1. The van der Waals surface area contributed by atoms with Gasteiger partial charge in [-0.3, -0.25) is 4.79 Å². The van der Waals surface area contributed by atoms with Crippen LogP contribution in [0.4, 0.5) is 0 Å². The van der Waals surface area contributed by atoms with Crippen LogP contribution in [0, 0.1) is 0 Å². The van der Waals surface area contributed by atoms with Gasteiger partial charge in [-0.2, -0.15) is 4.68 Å². The van der Waals surface area contributed by atoms with Crippen LogP contribution in [0.2, 0.25) is 0 Å². The number of hydrogen-bond acceptors (Lipinski definition) is 5. The van der Waals surface area contributed by atoms with Gasteiger partial charge in [-0.15, -0.1) is 5.10 Å². The maximum Gasteiger partial charge on any atom is 0.437 e. The second-order valence-electron chi connectivity index (χ2n) is 5.44. The third-order valence-electron chi connectivity index (χ3n) is 2.58. The van der Waals surface area contributed by atoms with Crippen LogP contribution in [0.1, 0.15) is 32.4 Å². The molecule has 2 aromatic rings. The van der Waals surface area contributed by atoms with Crippen molar-refractivity contribution >= 4 is 5.91 Å². The molecule has 108 valence electrons. The second kappa shape index (κ2) is 5.36. The van der Waals surface area contributed by atoms with Crippen LogP contribution in [0.15, 0.2) is 32.0 Å². The van der Waals surface area contributed by atoms with E-state index in [9.17, 15) is 9.59 Å². The van der Waals surface area contributed by atoms with Crippen molar-refractivity contribution in [3.63, 3.8) is 0 Å². The number of hydrogen-bond donors (Lipinski definition) is 1. The predicted molar refractivity (Wildman–Crippen MR) is 70.0 cm³/mol. The zero-order valence-corrected chi connectivity index (χ0v) is 11.7. The summed E-state index contributed by atoms with van der Waals surface area (Å²) in [6, 6.07) is 3.49. The van der Waals surface area contributed by atoms with E-state index in [0.717, 1.165) is 4.68 Å². The molecule has 2 heterocycles. The summed E-state index contributed by atoms with van der Waals surface area (Å²) in [5, 5.41) is 6.65. The van der Waals surface area contributed by atoms with E-state index in [1.807, 2.05) is 20.8 Å². The smallest absolute Gasteiger partial charge is 0.437 e. The minimum atomic E-state index is -0.636. The molecule has 0 radical (unpaired) electrons. The van der Waals surface area contributed by atoms with Gasteiger partial charge in [0.25, 0.3) is 0 Å². The number of rotatable bonds is 4. The van der Waals surface area contributed by atoms with Gasteiger partial charge in [-0.1, -0.05) is 20.8 Å². The number of amides is 1. The summed E-state index contributed by atoms with van der Waals surface area (Å²) >= 11 is 0. The lowest BCUT2D eigenvalue weighted by Gasteiger charge is -2.10. The van der Waals surface area contributed by atoms with Crippen molar-refractivity contribution in [2.24, 2.45) is 0 Å². The molecule has 0 saturated carbocycles. The van der Waals surface area contributed by atoms with Gasteiger partial charge in [0, 0.05) is 5.41 Å². The molecule has 0 saturated heterocycles. The Labute approximate surface area is 115 Å². The molecule has 2 aromatic heterocycles. The SMILES string of the molecule is CC(C)(C)c1nn(CC(=O)NCc2ccco2)c(=O)o1. The van der Waals surface area contributed by atoms with E-state index in [0.29, 0.717) is 11.7 Å². The summed E-state index contributed by atoms with van der Waals surface area (Å²) in [5.41, 5.74) is -0.380. The van der Waals surface area contributed by atoms with E-state index in [1.165, 1.54) is 6.26 Å². The molecular formula is C13H17N3O4. The van der Waals surface area contributed by atoms with E-state index in [1.54, 1.807) is 12.1 Å². The monoisotopic (exact) mass is 279 g/mol. The van der Waals surface area contributed by atoms with Crippen LogP contribution in [-0.4, -0.2) is 15.7 Å². The van der Waals surface area contributed by atoms with Gasteiger partial charge in [-0.25, -0.2) is 4.79 Å². The van der Waals surface area contributed by atoms with Crippen LogP contribution < -0.4 is 11.1 Å². The maximum atomic E-state index is 11.7. The first-order chi connectivity index (χ1) is 9.36. The van der Waals surface area contributed by atoms with E-state index >= 15 is 0 Å². The van der Waals surface area contributed by atoms with Crippen LogP contribution in [0.3, 0.4) is 0 Å². The predicted octanol–water partition coefficient (Wildman–Crippen LogP) is 1.04. The highest BCUT2D eigenvalue weighted by Gasteiger charge is 2.23. The molecule has 0 atom stereocenters. The highest BCUT2D eigenvalue weighted by atomic mass is 16.4. The van der Waals surface area contributed by atoms with Gasteiger partial charge in [0.05, 0.1) is 12.8 Å². The minimum Gasteiger partial charge on any atom is -0.467 e. The molecule has 0 aliphatic heterocycles. The standard InChI is InChI=1S/C13H17N3O4/c1-13(2,3)11-15-16(12(18)20-11)8-10(17)14-7-9-5-4-6-19-9/h4-6H,7-8H2,1-3H3,(H,14,17). The van der Waals surface area contributed by atoms with Crippen molar-refractivity contribution in [1.29, 1.82) is 0 Å². The third-order valence-corrected chi connectivity index (χ3v) is 2.58. The van der Waals surface area contributed by atoms with Gasteiger partial charge in [-0.05, 0) is 12.1 Å². The molecule has 0 bridgehead atoms. The van der Waals surface area contributed by atoms with Crippen molar-refractivity contribution in [3.05, 3.63) is 40.6 Å². The van der Waals surface area contributed by atoms with E-state index in [-0.39, 0.29) is 24.4 Å². The first-order valence-electron chi connectivity index (χ1n) is 6.24. The average Bonchev–Trinajstić information content (AvgIpc) is 2.96. The molecule has 7 heteroatoms. The Morgan fingerprint density at radius 2 is 2.20 bits per heavy atom. The van der Waals surface area contributed by atoms with Crippen molar-refractivity contribution in [2.45, 2.75) is 39.3 Å². The summed E-state index contributed by atoms with van der Waals surface area (Å²) in [6.45, 7) is 5.71. The Morgan fingerprint density at radius 3 is 2.75 bits per heavy atom. The number of furan rings is 1. The van der Waals surface area contributed by atoms with Crippen LogP contribution in [-0.2, 0) is 23.3 Å². The maximum absolute atomic E-state index is 11.7. The lowest BCUT2D eigenvalue weighted by atomic mass is 9.97. The van der Waals surface area contributed by atoms with Gasteiger partial charge in [0.1, 0.15) is 12.3 Å². The molecule has 7 nitrogen and oxygen atoms in total. The molecule has 0 aliphatic carbocycles. The number of nitrogens with one attached hydrogen (secondary N) is 1. The molecule has 0 unspecified atom stereocenters. The van der Waals surface area contributed by atoms with Crippen molar-refractivity contribution < 1.29 is 13.6 Å². The molecule has 1 amide bonds. The van der Waals surface area contributed by atoms with Crippen molar-refractivity contribution in [3.8, 4) is 0 Å². The molecule has 0 aromatic carbocycles. The van der Waals surface area contributed by atoms with Gasteiger partial charge in [0.15, 0.2) is 0 Å². The number of aromatic nitrogens is 2. The van der Waals surface area contributed by atoms with E-state index < -0.39 is 5.76 Å². The van der Waals surface area contributed by atoms with Crippen molar-refractivity contribution in [1.82, 2.24) is 15.1 Å². The molecular weight excluding hydrogens is 262 g/mol. The molecule has 0 fully saturated rings. The molecule has 1 N–H and O–H groups in total. The first kappa shape index (κ1) is 14.1. The average molecular weight is 279 g/mol. The van der Waals surface area contributed by atoms with Crippen LogP contribution in [0.5, 0.6) is 0 Å². The number of carbonyl (C=O) groups excluding carboxylic acids is 1.